The fourth-order valence-electron chi connectivity index (χ4n) is 10.7. The molecular weight excluding hydrogens is 725 g/mol. The van der Waals surface area contributed by atoms with Gasteiger partial charge in [0.25, 0.3) is 0 Å². The van der Waals surface area contributed by atoms with Crippen LogP contribution in [0.2, 0.25) is 0 Å². The van der Waals surface area contributed by atoms with Gasteiger partial charge in [-0.1, -0.05) is 147 Å². The molecule has 0 amide bonds. The normalized spacial score (nSPS) is 12.0. The lowest BCUT2D eigenvalue weighted by molar-refractivity contribution is 1.36. The molecule has 0 radical (unpaired) electrons. The van der Waals surface area contributed by atoms with Gasteiger partial charge in [-0.25, -0.2) is 0 Å². The maximum Gasteiger partial charge on any atom is 0.0353 e. The van der Waals surface area contributed by atoms with Crippen molar-refractivity contribution < 1.29 is 0 Å². The van der Waals surface area contributed by atoms with E-state index in [0.717, 1.165) is 11.1 Å². The molecule has 0 aliphatic heterocycles. The number of pyridine rings is 1. The zero-order valence-electron chi connectivity index (χ0n) is 33.8. The molecule has 0 bridgehead atoms. The van der Waals surface area contributed by atoms with Crippen molar-refractivity contribution in [2.24, 2.45) is 0 Å². The zero-order valence-corrected chi connectivity index (χ0v) is 33.8. The van der Waals surface area contributed by atoms with Crippen LogP contribution in [0.25, 0.3) is 132 Å². The van der Waals surface area contributed by atoms with Crippen LogP contribution in [0.4, 0.5) is 5.69 Å². The van der Waals surface area contributed by atoms with Crippen LogP contribution in [-0.2, 0) is 0 Å². The van der Waals surface area contributed by atoms with Gasteiger partial charge in [-0.15, -0.1) is 0 Å². The molecule has 2 heteroatoms. The number of hydrogen-bond acceptors (Lipinski definition) is 2. The summed E-state index contributed by atoms with van der Waals surface area (Å²) >= 11 is 0. The van der Waals surface area contributed by atoms with E-state index in [1.807, 2.05) is 20.0 Å². The highest BCUT2D eigenvalue weighted by Crippen LogP contribution is 2.59. The van der Waals surface area contributed by atoms with Crippen LogP contribution in [-0.4, -0.2) is 4.98 Å². The fraction of sp³-hybridized carbons (Fsp3) is 0.0517. The van der Waals surface area contributed by atoms with Gasteiger partial charge in [0.15, 0.2) is 0 Å². The molecule has 2 N–H and O–H groups in total. The van der Waals surface area contributed by atoms with Crippen molar-refractivity contribution in [3.8, 4) is 77.9 Å². The van der Waals surface area contributed by atoms with Crippen LogP contribution in [0.15, 0.2) is 176 Å². The van der Waals surface area contributed by atoms with Gasteiger partial charge in [0.2, 0.25) is 0 Å². The van der Waals surface area contributed by atoms with Crippen molar-refractivity contribution >= 4 is 59.5 Å². The third-order valence-corrected chi connectivity index (χ3v) is 13.1. The number of benzene rings is 10. The smallest absolute Gasteiger partial charge is 0.0353 e. The van der Waals surface area contributed by atoms with Crippen LogP contribution in [0.3, 0.4) is 0 Å². The number of fused-ring (bicyclic) bond motifs is 11. The Balaban J connectivity index is 0.00000191. The summed E-state index contributed by atoms with van der Waals surface area (Å²) < 4.78 is 0. The number of nitrogen functional groups attached to an aromatic ring is 1. The van der Waals surface area contributed by atoms with Gasteiger partial charge in [0, 0.05) is 23.5 Å². The van der Waals surface area contributed by atoms with Gasteiger partial charge in [-0.05, 0) is 169 Å². The summed E-state index contributed by atoms with van der Waals surface area (Å²) in [6.45, 7) is 6.25. The first kappa shape index (κ1) is 34.5. The Labute approximate surface area is 349 Å². The number of nitrogens with two attached hydrogens (primary N) is 1. The first-order chi connectivity index (χ1) is 29.6. The molecule has 1 aromatic heterocycles. The first-order valence-electron chi connectivity index (χ1n) is 21.1. The SMILES string of the molecule is CC.Cc1ccc2c3c(cc4c5ccc(N)cc5c(-c5ccc6c7c(cccc57)-c5c-6c(-c6ccccc6)c6cnccc6c5-c5ccccc5)cc24)-c2ccccc2-c13. The topological polar surface area (TPSA) is 38.9 Å². The summed E-state index contributed by atoms with van der Waals surface area (Å²) in [6, 6.07) is 60.5. The number of hydrogen-bond donors (Lipinski definition) is 1. The summed E-state index contributed by atoms with van der Waals surface area (Å²) in [4.78, 5) is 4.71. The van der Waals surface area contributed by atoms with Crippen molar-refractivity contribution in [2.75, 3.05) is 5.73 Å². The second kappa shape index (κ2) is 13.0. The lowest BCUT2D eigenvalue weighted by Gasteiger charge is -2.20. The molecule has 1 heterocycles. The van der Waals surface area contributed by atoms with E-state index in [1.165, 1.54) is 132 Å². The summed E-state index contributed by atoms with van der Waals surface area (Å²) in [6.07, 6.45) is 3.99. The quantitative estimate of drug-likeness (QED) is 0.144. The van der Waals surface area contributed by atoms with Crippen LogP contribution in [0, 0.1) is 6.92 Å². The molecule has 0 unspecified atom stereocenters. The molecule has 282 valence electrons. The number of rotatable bonds is 3. The minimum absolute atomic E-state index is 0.764. The largest absolute Gasteiger partial charge is 0.399 e. The second-order valence-corrected chi connectivity index (χ2v) is 16.0. The van der Waals surface area contributed by atoms with E-state index >= 15 is 0 Å². The van der Waals surface area contributed by atoms with Gasteiger partial charge >= 0.3 is 0 Å². The number of anilines is 1. The molecule has 2 nitrogen and oxygen atoms in total. The first-order valence-corrected chi connectivity index (χ1v) is 21.1. The molecule has 0 atom stereocenters. The monoisotopic (exact) mass is 764 g/mol. The van der Waals surface area contributed by atoms with Crippen molar-refractivity contribution in [2.45, 2.75) is 20.8 Å². The lowest BCUT2D eigenvalue weighted by atomic mass is 9.83. The van der Waals surface area contributed by atoms with E-state index in [2.05, 4.69) is 177 Å². The van der Waals surface area contributed by atoms with E-state index in [9.17, 15) is 0 Å². The Morgan fingerprint density at radius 3 is 1.73 bits per heavy atom. The van der Waals surface area contributed by atoms with Gasteiger partial charge in [-0.2, -0.15) is 0 Å². The predicted molar refractivity (Wildman–Crippen MR) is 257 cm³/mol. The molecule has 0 saturated carbocycles. The van der Waals surface area contributed by atoms with E-state index < -0.39 is 0 Å². The summed E-state index contributed by atoms with van der Waals surface area (Å²) in [5.74, 6) is 0. The molecule has 60 heavy (non-hydrogen) atoms. The maximum atomic E-state index is 6.67. The summed E-state index contributed by atoms with van der Waals surface area (Å²) in [5, 5.41) is 12.5. The van der Waals surface area contributed by atoms with Gasteiger partial charge in [-0.3, -0.25) is 4.98 Å². The molecule has 11 aromatic rings. The highest BCUT2D eigenvalue weighted by Gasteiger charge is 2.32. The van der Waals surface area contributed by atoms with Crippen LogP contribution < -0.4 is 5.73 Å². The number of aromatic nitrogens is 1. The Kier molecular flexibility index (Phi) is 7.46. The standard InChI is InChI=1S/C56H34N2.C2H6/c1-31-19-21-40-47-28-45(44-27-34(57)20-22-37(44)46(47)29-48-35-15-8-9-16-38(35)50(31)54(40)48)36-23-24-43-53-39(36)17-10-18-42(53)55-51(32-11-4-2-5-12-32)41-25-26-58-30-49(41)52(56(43)55)33-13-6-3-7-14-33;1-2/h2-30H,57H2,1H3;1-2H3. The molecule has 0 spiro atoms. The highest BCUT2D eigenvalue weighted by molar-refractivity contribution is 6.32. The van der Waals surface area contributed by atoms with Gasteiger partial charge in [0.05, 0.1) is 0 Å². The van der Waals surface area contributed by atoms with Gasteiger partial charge in [0.1, 0.15) is 0 Å². The number of nitrogens with zero attached hydrogens (tertiary/aromatic N) is 1. The molecular formula is C58H40N2. The molecule has 2 aliphatic rings. The van der Waals surface area contributed by atoms with Crippen LogP contribution in [0.1, 0.15) is 19.4 Å². The summed E-state index contributed by atoms with van der Waals surface area (Å²) in [7, 11) is 0. The molecule has 10 aromatic carbocycles. The van der Waals surface area contributed by atoms with Crippen molar-refractivity contribution in [1.29, 1.82) is 0 Å². The molecule has 0 saturated heterocycles. The van der Waals surface area contributed by atoms with E-state index in [4.69, 9.17) is 10.7 Å². The Morgan fingerprint density at radius 2 is 0.967 bits per heavy atom. The van der Waals surface area contributed by atoms with Gasteiger partial charge < -0.3 is 5.73 Å². The Morgan fingerprint density at radius 1 is 0.350 bits per heavy atom. The average Bonchev–Trinajstić information content (AvgIpc) is 3.82. The maximum absolute atomic E-state index is 6.67. The molecule has 2 aliphatic carbocycles. The predicted octanol–water partition coefficient (Wildman–Crippen LogP) is 16.1. The van der Waals surface area contributed by atoms with Crippen LogP contribution >= 0.6 is 0 Å². The third-order valence-electron chi connectivity index (χ3n) is 13.1. The van der Waals surface area contributed by atoms with Crippen molar-refractivity contribution in [1.82, 2.24) is 4.98 Å². The lowest BCUT2D eigenvalue weighted by Crippen LogP contribution is -1.94. The average molecular weight is 765 g/mol. The fourth-order valence-corrected chi connectivity index (χ4v) is 10.7. The second-order valence-electron chi connectivity index (χ2n) is 16.0. The minimum atomic E-state index is 0.764. The minimum Gasteiger partial charge on any atom is -0.399 e. The van der Waals surface area contributed by atoms with Crippen LogP contribution in [0.5, 0.6) is 0 Å². The van der Waals surface area contributed by atoms with Crippen molar-refractivity contribution in [3.63, 3.8) is 0 Å². The third kappa shape index (κ3) is 4.62. The Hall–Kier alpha value is -7.55. The molecule has 0 fully saturated rings. The summed E-state index contributed by atoms with van der Waals surface area (Å²) in [5.41, 5.74) is 26.4. The highest BCUT2D eigenvalue weighted by atomic mass is 14.6. The zero-order chi connectivity index (χ0) is 40.2. The Bertz CT molecular complexity index is 3530. The van der Waals surface area contributed by atoms with E-state index in [0.29, 0.717) is 0 Å². The van der Waals surface area contributed by atoms with E-state index in [1.54, 1.807) is 0 Å². The number of aryl methyl sites for hydroxylation is 1. The molecule has 13 rings (SSSR count). The van der Waals surface area contributed by atoms with Crippen molar-refractivity contribution in [3.05, 3.63) is 182 Å². The van der Waals surface area contributed by atoms with E-state index in [-0.39, 0.29) is 0 Å².